The summed E-state index contributed by atoms with van der Waals surface area (Å²) in [6.07, 6.45) is 1.37. The van der Waals surface area contributed by atoms with Crippen LogP contribution in [0.5, 0.6) is 0 Å². The molecule has 0 fully saturated rings. The molecule has 0 aromatic heterocycles. The zero-order valence-electron chi connectivity index (χ0n) is 12.5. The third kappa shape index (κ3) is 6.76. The van der Waals surface area contributed by atoms with Gasteiger partial charge in [0.1, 0.15) is 0 Å². The summed E-state index contributed by atoms with van der Waals surface area (Å²) in [6, 6.07) is 7.72. The van der Waals surface area contributed by atoms with E-state index in [0.29, 0.717) is 18.9 Å². The van der Waals surface area contributed by atoms with Crippen molar-refractivity contribution in [2.24, 2.45) is 5.92 Å². The van der Waals surface area contributed by atoms with E-state index in [0.717, 1.165) is 16.5 Å². The highest BCUT2D eigenvalue weighted by atomic mass is 79.9. The molecule has 21 heavy (non-hydrogen) atoms. The van der Waals surface area contributed by atoms with Gasteiger partial charge in [-0.3, -0.25) is 9.59 Å². The van der Waals surface area contributed by atoms with Crippen LogP contribution in [0.1, 0.15) is 38.7 Å². The van der Waals surface area contributed by atoms with Crippen molar-refractivity contribution in [3.63, 3.8) is 0 Å². The first-order chi connectivity index (χ1) is 9.92. The number of carbonyl (C=O) groups is 2. The van der Waals surface area contributed by atoms with Gasteiger partial charge < -0.3 is 10.0 Å². The molecule has 0 aliphatic carbocycles. The minimum Gasteiger partial charge on any atom is -0.481 e. The summed E-state index contributed by atoms with van der Waals surface area (Å²) in [4.78, 5) is 24.7. The first-order valence-corrected chi connectivity index (χ1v) is 7.95. The van der Waals surface area contributed by atoms with Crippen LogP contribution < -0.4 is 0 Å². The molecule has 1 aromatic carbocycles. The van der Waals surface area contributed by atoms with Crippen molar-refractivity contribution in [1.29, 1.82) is 0 Å². The van der Waals surface area contributed by atoms with Crippen LogP contribution in [0, 0.1) is 5.92 Å². The van der Waals surface area contributed by atoms with E-state index in [2.05, 4.69) is 15.9 Å². The Morgan fingerprint density at radius 1 is 1.38 bits per heavy atom. The summed E-state index contributed by atoms with van der Waals surface area (Å²) in [5.41, 5.74) is 0.993. The number of hydrogen-bond acceptors (Lipinski definition) is 2. The Balaban J connectivity index is 2.76. The van der Waals surface area contributed by atoms with E-state index in [-0.39, 0.29) is 18.9 Å². The summed E-state index contributed by atoms with van der Waals surface area (Å²) in [7, 11) is 0. The highest BCUT2D eigenvalue weighted by Crippen LogP contribution is 2.16. The standard InChI is InChI=1S/C16H22BrNO3/c1-3-12(2)9-15(19)18(8-7-16(20)21)11-13-5-4-6-14(17)10-13/h4-6,10,12H,3,7-9,11H2,1-2H3,(H,20,21). The second kappa shape index (κ2) is 8.82. The summed E-state index contributed by atoms with van der Waals surface area (Å²) in [5.74, 6) is -0.552. The fraction of sp³-hybridized carbons (Fsp3) is 0.500. The predicted octanol–water partition coefficient (Wildman–Crippen LogP) is 3.69. The van der Waals surface area contributed by atoms with E-state index in [4.69, 9.17) is 5.11 Å². The van der Waals surface area contributed by atoms with Gasteiger partial charge in [-0.05, 0) is 23.6 Å². The molecule has 1 rings (SSSR count). The molecular formula is C16H22BrNO3. The quantitative estimate of drug-likeness (QED) is 0.773. The van der Waals surface area contributed by atoms with E-state index in [1.54, 1.807) is 4.90 Å². The topological polar surface area (TPSA) is 57.6 Å². The maximum Gasteiger partial charge on any atom is 0.305 e. The van der Waals surface area contributed by atoms with Crippen molar-refractivity contribution >= 4 is 27.8 Å². The van der Waals surface area contributed by atoms with Crippen LogP contribution in [0.2, 0.25) is 0 Å². The molecular weight excluding hydrogens is 334 g/mol. The monoisotopic (exact) mass is 355 g/mol. The van der Waals surface area contributed by atoms with Crippen LogP contribution in [-0.2, 0) is 16.1 Å². The van der Waals surface area contributed by atoms with Gasteiger partial charge in [0.05, 0.1) is 6.42 Å². The number of hydrogen-bond donors (Lipinski definition) is 1. The molecule has 1 atom stereocenters. The van der Waals surface area contributed by atoms with Crippen molar-refractivity contribution < 1.29 is 14.7 Å². The minimum absolute atomic E-state index is 0.0191. The molecule has 1 amide bonds. The number of benzene rings is 1. The summed E-state index contributed by atoms with van der Waals surface area (Å²) < 4.78 is 0.951. The SMILES string of the molecule is CCC(C)CC(=O)N(CCC(=O)O)Cc1cccc(Br)c1. The lowest BCUT2D eigenvalue weighted by molar-refractivity contribution is -0.139. The molecule has 0 aliphatic heterocycles. The van der Waals surface area contributed by atoms with Crippen LogP contribution in [0.15, 0.2) is 28.7 Å². The average molecular weight is 356 g/mol. The summed E-state index contributed by atoms with van der Waals surface area (Å²) >= 11 is 3.41. The number of carboxylic acids is 1. The van der Waals surface area contributed by atoms with E-state index in [1.807, 2.05) is 38.1 Å². The number of rotatable bonds is 8. The molecule has 0 radical (unpaired) electrons. The highest BCUT2D eigenvalue weighted by Gasteiger charge is 2.17. The molecule has 1 N–H and O–H groups in total. The lowest BCUT2D eigenvalue weighted by Crippen LogP contribution is -2.33. The van der Waals surface area contributed by atoms with E-state index >= 15 is 0 Å². The maximum absolute atomic E-state index is 12.3. The molecule has 0 heterocycles. The lowest BCUT2D eigenvalue weighted by Gasteiger charge is -2.23. The Bertz CT molecular complexity index is 490. The molecule has 4 nitrogen and oxygen atoms in total. The van der Waals surface area contributed by atoms with E-state index < -0.39 is 5.97 Å². The molecule has 116 valence electrons. The molecule has 0 saturated heterocycles. The normalized spacial score (nSPS) is 12.0. The van der Waals surface area contributed by atoms with Crippen LogP contribution in [0.3, 0.4) is 0 Å². The van der Waals surface area contributed by atoms with Gasteiger partial charge in [0.25, 0.3) is 0 Å². The second-order valence-electron chi connectivity index (χ2n) is 5.31. The fourth-order valence-electron chi connectivity index (χ4n) is 1.95. The van der Waals surface area contributed by atoms with Gasteiger partial charge in [0.2, 0.25) is 5.91 Å². The Hall–Kier alpha value is -1.36. The second-order valence-corrected chi connectivity index (χ2v) is 6.22. The van der Waals surface area contributed by atoms with Crippen LogP contribution >= 0.6 is 15.9 Å². The lowest BCUT2D eigenvalue weighted by atomic mass is 10.0. The first kappa shape index (κ1) is 17.7. The van der Waals surface area contributed by atoms with E-state index in [9.17, 15) is 9.59 Å². The molecule has 0 bridgehead atoms. The third-order valence-electron chi connectivity index (χ3n) is 3.43. The Morgan fingerprint density at radius 3 is 2.67 bits per heavy atom. The van der Waals surface area contributed by atoms with Crippen LogP contribution in [0.25, 0.3) is 0 Å². The summed E-state index contributed by atoms with van der Waals surface area (Å²) in [6.45, 7) is 4.78. The molecule has 1 aromatic rings. The van der Waals surface area contributed by atoms with Gasteiger partial charge in [-0.15, -0.1) is 0 Å². The number of aliphatic carboxylic acids is 1. The van der Waals surface area contributed by atoms with Gasteiger partial charge in [0, 0.05) is 24.0 Å². The Kier molecular flexibility index (Phi) is 7.43. The zero-order valence-corrected chi connectivity index (χ0v) is 14.1. The fourth-order valence-corrected chi connectivity index (χ4v) is 2.40. The zero-order chi connectivity index (χ0) is 15.8. The Labute approximate surface area is 134 Å². The molecule has 1 unspecified atom stereocenters. The smallest absolute Gasteiger partial charge is 0.305 e. The number of nitrogens with zero attached hydrogens (tertiary/aromatic N) is 1. The predicted molar refractivity (Wildman–Crippen MR) is 85.9 cm³/mol. The van der Waals surface area contributed by atoms with Gasteiger partial charge in [-0.25, -0.2) is 0 Å². The largest absolute Gasteiger partial charge is 0.481 e. The number of carboxylic acid groups (broad SMARTS) is 1. The van der Waals surface area contributed by atoms with Gasteiger partial charge >= 0.3 is 5.97 Å². The van der Waals surface area contributed by atoms with Gasteiger partial charge in [-0.2, -0.15) is 0 Å². The van der Waals surface area contributed by atoms with Crippen LogP contribution in [-0.4, -0.2) is 28.4 Å². The van der Waals surface area contributed by atoms with Crippen molar-refractivity contribution in [3.8, 4) is 0 Å². The van der Waals surface area contributed by atoms with Gasteiger partial charge in [-0.1, -0.05) is 48.3 Å². The van der Waals surface area contributed by atoms with Crippen molar-refractivity contribution in [2.45, 2.75) is 39.7 Å². The average Bonchev–Trinajstić information content (AvgIpc) is 2.42. The first-order valence-electron chi connectivity index (χ1n) is 7.16. The Morgan fingerprint density at radius 2 is 2.10 bits per heavy atom. The number of amides is 1. The van der Waals surface area contributed by atoms with Crippen molar-refractivity contribution in [3.05, 3.63) is 34.3 Å². The number of carbonyl (C=O) groups excluding carboxylic acids is 1. The third-order valence-corrected chi connectivity index (χ3v) is 3.92. The number of halogens is 1. The van der Waals surface area contributed by atoms with E-state index in [1.165, 1.54) is 0 Å². The summed E-state index contributed by atoms with van der Waals surface area (Å²) in [5, 5.41) is 8.84. The highest BCUT2D eigenvalue weighted by molar-refractivity contribution is 9.10. The van der Waals surface area contributed by atoms with Gasteiger partial charge in [0.15, 0.2) is 0 Å². The molecule has 0 aliphatic rings. The van der Waals surface area contributed by atoms with Crippen molar-refractivity contribution in [1.82, 2.24) is 4.90 Å². The van der Waals surface area contributed by atoms with Crippen molar-refractivity contribution in [2.75, 3.05) is 6.54 Å². The maximum atomic E-state index is 12.3. The molecule has 0 saturated carbocycles. The molecule has 5 heteroatoms. The minimum atomic E-state index is -0.884. The van der Waals surface area contributed by atoms with Crippen LogP contribution in [0.4, 0.5) is 0 Å². The molecule has 0 spiro atoms.